The van der Waals surface area contributed by atoms with Crippen LogP contribution in [0.25, 0.3) is 0 Å². The van der Waals surface area contributed by atoms with E-state index in [0.717, 1.165) is 10.4 Å². The lowest BCUT2D eigenvalue weighted by atomic mass is 10.1. The van der Waals surface area contributed by atoms with E-state index in [4.69, 9.17) is 0 Å². The van der Waals surface area contributed by atoms with Crippen molar-refractivity contribution in [1.29, 1.82) is 0 Å². The lowest BCUT2D eigenvalue weighted by Gasteiger charge is -2.18. The van der Waals surface area contributed by atoms with Crippen LogP contribution in [0.1, 0.15) is 20.8 Å². The van der Waals surface area contributed by atoms with E-state index in [1.54, 1.807) is 42.5 Å². The number of thiophene rings is 1. The summed E-state index contributed by atoms with van der Waals surface area (Å²) >= 11 is 1.71. The Hall–Kier alpha value is -3.44. The molecule has 0 atom stereocenters. The third-order valence-corrected chi connectivity index (χ3v) is 6.07. The molecule has 0 saturated carbocycles. The van der Waals surface area contributed by atoms with Gasteiger partial charge in [0.25, 0.3) is 11.7 Å². The fourth-order valence-electron chi connectivity index (χ4n) is 2.98. The molecule has 2 aromatic carbocycles. The van der Waals surface area contributed by atoms with Crippen LogP contribution in [-0.4, -0.2) is 39.4 Å². The fourth-order valence-corrected chi connectivity index (χ4v) is 4.05. The molecule has 0 unspecified atom stereocenters. The highest BCUT2D eigenvalue weighted by Crippen LogP contribution is 2.19. The maximum absolute atomic E-state index is 12.6. The molecule has 0 aliphatic heterocycles. The van der Waals surface area contributed by atoms with E-state index in [0.29, 0.717) is 16.9 Å². The summed E-state index contributed by atoms with van der Waals surface area (Å²) in [5.41, 5.74) is 1.89. The first-order chi connectivity index (χ1) is 16.3. The van der Waals surface area contributed by atoms with Crippen LogP contribution in [0.5, 0.6) is 0 Å². The van der Waals surface area contributed by atoms with Gasteiger partial charge in [0.2, 0.25) is 5.91 Å². The predicted molar refractivity (Wildman–Crippen MR) is 130 cm³/mol. The second-order valence-corrected chi connectivity index (χ2v) is 9.08. The van der Waals surface area contributed by atoms with E-state index in [9.17, 15) is 28.3 Å². The first kappa shape index (κ1) is 25.2. The van der Waals surface area contributed by atoms with Crippen LogP contribution < -0.4 is 10.6 Å². The number of halogens is 2. The summed E-state index contributed by atoms with van der Waals surface area (Å²) in [5.74, 6) is -3.97. The average Bonchev–Trinajstić information content (AvgIpc) is 3.31. The van der Waals surface area contributed by atoms with Gasteiger partial charge in [0.05, 0.1) is 12.3 Å². The summed E-state index contributed by atoms with van der Waals surface area (Å²) < 4.78 is 24.4. The second kappa shape index (κ2) is 12.1. The monoisotopic (exact) mass is 505 g/mol. The SMILES string of the molecule is O=C(CSC(F)F)Nc1cccc(NC(=O)c2ccc(CN(Cc3cccs3)C(=O)O)cc2)c1. The largest absolute Gasteiger partial charge is 0.465 e. The van der Waals surface area contributed by atoms with E-state index in [1.165, 1.54) is 22.3 Å². The van der Waals surface area contributed by atoms with Crippen molar-refractivity contribution in [2.24, 2.45) is 0 Å². The highest BCUT2D eigenvalue weighted by atomic mass is 32.2. The van der Waals surface area contributed by atoms with E-state index in [1.807, 2.05) is 17.5 Å². The number of amides is 3. The van der Waals surface area contributed by atoms with Crippen LogP contribution in [0.2, 0.25) is 0 Å². The molecule has 0 bridgehead atoms. The minimum atomic E-state index is -2.63. The molecule has 3 aromatic rings. The summed E-state index contributed by atoms with van der Waals surface area (Å²) in [7, 11) is 0. The number of alkyl halides is 2. The van der Waals surface area contributed by atoms with Gasteiger partial charge >= 0.3 is 6.09 Å². The summed E-state index contributed by atoms with van der Waals surface area (Å²) in [6, 6.07) is 16.7. The van der Waals surface area contributed by atoms with E-state index in [2.05, 4.69) is 10.6 Å². The van der Waals surface area contributed by atoms with Gasteiger partial charge in [-0.15, -0.1) is 11.3 Å². The summed E-state index contributed by atoms with van der Waals surface area (Å²) in [4.78, 5) is 38.1. The zero-order chi connectivity index (χ0) is 24.5. The molecule has 0 radical (unpaired) electrons. The minimum Gasteiger partial charge on any atom is -0.465 e. The predicted octanol–water partition coefficient (Wildman–Crippen LogP) is 5.57. The molecule has 0 spiro atoms. The molecule has 1 aromatic heterocycles. The topological polar surface area (TPSA) is 98.7 Å². The number of hydrogen-bond donors (Lipinski definition) is 3. The Labute approximate surface area is 202 Å². The molecule has 0 aliphatic rings. The Kier molecular flexibility index (Phi) is 9.00. The number of carbonyl (C=O) groups is 3. The summed E-state index contributed by atoms with van der Waals surface area (Å²) in [6.45, 7) is 0.462. The van der Waals surface area contributed by atoms with Crippen molar-refractivity contribution >= 4 is 52.4 Å². The van der Waals surface area contributed by atoms with Gasteiger partial charge in [-0.05, 0) is 47.3 Å². The van der Waals surface area contributed by atoms with Gasteiger partial charge in [-0.1, -0.05) is 36.0 Å². The Morgan fingerprint density at radius 2 is 1.68 bits per heavy atom. The molecule has 0 saturated heterocycles. The van der Waals surface area contributed by atoms with Crippen LogP contribution in [-0.2, 0) is 17.9 Å². The molecule has 3 N–H and O–H groups in total. The molecule has 178 valence electrons. The van der Waals surface area contributed by atoms with Gasteiger partial charge in [0.15, 0.2) is 0 Å². The quantitative estimate of drug-likeness (QED) is 0.334. The number of anilines is 2. The van der Waals surface area contributed by atoms with Crippen LogP contribution >= 0.6 is 23.1 Å². The van der Waals surface area contributed by atoms with Gasteiger partial charge in [0.1, 0.15) is 0 Å². The van der Waals surface area contributed by atoms with E-state index >= 15 is 0 Å². The molecule has 11 heteroatoms. The van der Waals surface area contributed by atoms with Crippen molar-refractivity contribution in [3.05, 3.63) is 82.0 Å². The van der Waals surface area contributed by atoms with Crippen molar-refractivity contribution in [3.8, 4) is 0 Å². The molecular formula is C23H21F2N3O4S2. The summed E-state index contributed by atoms with van der Waals surface area (Å²) in [6.07, 6.45) is -1.03. The van der Waals surface area contributed by atoms with E-state index in [-0.39, 0.29) is 30.6 Å². The smallest absolute Gasteiger partial charge is 0.407 e. The Morgan fingerprint density at radius 1 is 0.971 bits per heavy atom. The molecule has 0 fully saturated rings. The number of nitrogens with zero attached hydrogens (tertiary/aromatic N) is 1. The maximum atomic E-state index is 12.6. The van der Waals surface area contributed by atoms with Gasteiger partial charge in [-0.2, -0.15) is 8.78 Å². The van der Waals surface area contributed by atoms with Gasteiger partial charge < -0.3 is 15.7 Å². The van der Waals surface area contributed by atoms with Crippen molar-refractivity contribution in [3.63, 3.8) is 0 Å². The van der Waals surface area contributed by atoms with Gasteiger partial charge in [0, 0.05) is 28.4 Å². The zero-order valence-electron chi connectivity index (χ0n) is 17.7. The molecule has 1 heterocycles. The number of hydrogen-bond acceptors (Lipinski definition) is 5. The first-order valence-corrected chi connectivity index (χ1v) is 11.9. The van der Waals surface area contributed by atoms with Gasteiger partial charge in [-0.25, -0.2) is 4.79 Å². The number of rotatable bonds is 10. The molecule has 3 rings (SSSR count). The summed E-state index contributed by atoms with van der Waals surface area (Å²) in [5, 5.41) is 16.6. The van der Waals surface area contributed by atoms with Crippen LogP contribution in [0.15, 0.2) is 66.0 Å². The standard InChI is InChI=1S/C23H21F2N3O4S2/c24-22(25)34-14-20(29)26-17-3-1-4-18(11-17)27-21(30)16-8-6-15(7-9-16)12-28(23(31)32)13-19-5-2-10-33-19/h1-11,22H,12-14H2,(H,26,29)(H,27,30)(H,31,32). The normalized spacial score (nSPS) is 10.7. The van der Waals surface area contributed by atoms with Crippen molar-refractivity contribution in [1.82, 2.24) is 4.90 Å². The molecule has 7 nitrogen and oxygen atoms in total. The highest BCUT2D eigenvalue weighted by Gasteiger charge is 2.15. The average molecular weight is 506 g/mol. The number of thioether (sulfide) groups is 1. The molecule has 3 amide bonds. The lowest BCUT2D eigenvalue weighted by molar-refractivity contribution is -0.113. The highest BCUT2D eigenvalue weighted by molar-refractivity contribution is 8.00. The zero-order valence-corrected chi connectivity index (χ0v) is 19.4. The van der Waals surface area contributed by atoms with Crippen LogP contribution in [0.4, 0.5) is 25.0 Å². The minimum absolute atomic E-state index is 0.181. The molecular weight excluding hydrogens is 484 g/mol. The Balaban J connectivity index is 1.58. The maximum Gasteiger partial charge on any atom is 0.407 e. The Morgan fingerprint density at radius 3 is 2.29 bits per heavy atom. The van der Waals surface area contributed by atoms with Crippen LogP contribution in [0, 0.1) is 0 Å². The number of carboxylic acid groups (broad SMARTS) is 1. The van der Waals surface area contributed by atoms with E-state index < -0.39 is 23.7 Å². The van der Waals surface area contributed by atoms with Crippen molar-refractivity contribution in [2.75, 3.05) is 16.4 Å². The second-order valence-electron chi connectivity index (χ2n) is 7.07. The first-order valence-electron chi connectivity index (χ1n) is 10.0. The third kappa shape index (κ3) is 7.85. The molecule has 0 aliphatic carbocycles. The van der Waals surface area contributed by atoms with Gasteiger partial charge in [-0.3, -0.25) is 14.5 Å². The number of nitrogens with one attached hydrogen (secondary N) is 2. The Bertz CT molecular complexity index is 1130. The number of carbonyl (C=O) groups excluding carboxylic acids is 2. The lowest BCUT2D eigenvalue weighted by Crippen LogP contribution is -2.28. The van der Waals surface area contributed by atoms with Crippen molar-refractivity contribution < 1.29 is 28.3 Å². The molecule has 34 heavy (non-hydrogen) atoms. The fraction of sp³-hybridized carbons (Fsp3) is 0.174. The number of benzene rings is 2. The van der Waals surface area contributed by atoms with Crippen molar-refractivity contribution in [2.45, 2.75) is 18.8 Å². The van der Waals surface area contributed by atoms with Crippen LogP contribution in [0.3, 0.4) is 0 Å². The third-order valence-electron chi connectivity index (χ3n) is 4.53.